The Hall–Kier alpha value is -2.08. The van der Waals surface area contributed by atoms with Crippen LogP contribution in [0.4, 0.5) is 0 Å². The second-order valence-corrected chi connectivity index (χ2v) is 4.97. The minimum atomic E-state index is -0.832. The Kier molecular flexibility index (Phi) is 5.72. The molecule has 6 heteroatoms. The van der Waals surface area contributed by atoms with Crippen LogP contribution >= 0.6 is 0 Å². The molecule has 1 aliphatic heterocycles. The van der Waals surface area contributed by atoms with Crippen molar-refractivity contribution in [3.05, 3.63) is 35.6 Å². The lowest BCUT2D eigenvalue weighted by atomic mass is 10.1. The molecule has 0 saturated heterocycles. The van der Waals surface area contributed by atoms with E-state index in [9.17, 15) is 9.59 Å². The first-order chi connectivity index (χ1) is 9.79. The predicted molar refractivity (Wildman–Crippen MR) is 75.0 cm³/mol. The Morgan fingerprint density at radius 3 is 2.52 bits per heavy atom. The van der Waals surface area contributed by atoms with Gasteiger partial charge in [-0.25, -0.2) is 9.59 Å². The fraction of sp³-hybridized carbons (Fsp3) is 0.467. The molecule has 1 aliphatic rings. The third kappa shape index (κ3) is 5.07. The summed E-state index contributed by atoms with van der Waals surface area (Å²) in [6.07, 6.45) is 5.11. The standard InChI is InChI=1S/C15H20O6/c1-10-8-12(21-13(10)16)20-9-11(14(17)18-4)6-7-15(2,3)19-5/h6-9,12H,1-5H3/b7-6+,11-9+. The van der Waals surface area contributed by atoms with Gasteiger partial charge >= 0.3 is 11.9 Å². The molecule has 21 heavy (non-hydrogen) atoms. The van der Waals surface area contributed by atoms with Crippen LogP contribution in [0.25, 0.3) is 0 Å². The molecule has 0 aromatic rings. The summed E-state index contributed by atoms with van der Waals surface area (Å²) in [6, 6.07) is 0. The molecular weight excluding hydrogens is 276 g/mol. The first-order valence-electron chi connectivity index (χ1n) is 6.37. The average Bonchev–Trinajstić information content (AvgIpc) is 2.77. The van der Waals surface area contributed by atoms with E-state index >= 15 is 0 Å². The van der Waals surface area contributed by atoms with Gasteiger partial charge in [-0.3, -0.25) is 0 Å². The van der Waals surface area contributed by atoms with Gasteiger partial charge in [0.2, 0.25) is 0 Å². The lowest BCUT2D eigenvalue weighted by molar-refractivity contribution is -0.152. The highest BCUT2D eigenvalue weighted by atomic mass is 16.7. The Bertz CT molecular complexity index is 498. The van der Waals surface area contributed by atoms with Crippen LogP contribution in [0.15, 0.2) is 35.6 Å². The molecule has 0 aliphatic carbocycles. The first kappa shape index (κ1) is 17.0. The Morgan fingerprint density at radius 2 is 2.05 bits per heavy atom. The Balaban J connectivity index is 2.81. The number of carbonyl (C=O) groups is 2. The summed E-state index contributed by atoms with van der Waals surface area (Å²) in [5.74, 6) is -1.01. The smallest absolute Gasteiger partial charge is 0.340 e. The van der Waals surface area contributed by atoms with Crippen LogP contribution in [0.5, 0.6) is 0 Å². The molecule has 1 heterocycles. The number of ether oxygens (including phenoxy) is 4. The summed E-state index contributed by atoms with van der Waals surface area (Å²) >= 11 is 0. The van der Waals surface area contributed by atoms with E-state index in [1.54, 1.807) is 20.1 Å². The van der Waals surface area contributed by atoms with Gasteiger partial charge in [-0.2, -0.15) is 0 Å². The van der Waals surface area contributed by atoms with Gasteiger partial charge in [-0.15, -0.1) is 0 Å². The monoisotopic (exact) mass is 296 g/mol. The molecule has 116 valence electrons. The normalized spacial score (nSPS) is 19.5. The van der Waals surface area contributed by atoms with Gasteiger partial charge in [0, 0.05) is 18.8 Å². The SMILES string of the molecule is COC(=O)C(/C=C/C(C)(C)OC)=C/OC1C=C(C)C(=O)O1. The van der Waals surface area contributed by atoms with Crippen molar-refractivity contribution < 1.29 is 28.5 Å². The second-order valence-electron chi connectivity index (χ2n) is 4.97. The van der Waals surface area contributed by atoms with E-state index in [4.69, 9.17) is 14.2 Å². The van der Waals surface area contributed by atoms with E-state index < -0.39 is 23.8 Å². The molecule has 0 radical (unpaired) electrons. The third-order valence-corrected chi connectivity index (χ3v) is 2.87. The van der Waals surface area contributed by atoms with Crippen molar-refractivity contribution in [1.29, 1.82) is 0 Å². The maximum absolute atomic E-state index is 11.7. The van der Waals surface area contributed by atoms with Crippen molar-refractivity contribution in [2.45, 2.75) is 32.7 Å². The van der Waals surface area contributed by atoms with E-state index in [-0.39, 0.29) is 5.57 Å². The summed E-state index contributed by atoms with van der Waals surface area (Å²) in [7, 11) is 2.83. The van der Waals surface area contributed by atoms with Crippen LogP contribution in [-0.4, -0.2) is 38.0 Å². The number of hydrogen-bond donors (Lipinski definition) is 0. The summed E-state index contributed by atoms with van der Waals surface area (Å²) in [5, 5.41) is 0. The van der Waals surface area contributed by atoms with Gasteiger partial charge in [0.1, 0.15) is 6.26 Å². The summed E-state index contributed by atoms with van der Waals surface area (Å²) < 4.78 is 20.0. The quantitative estimate of drug-likeness (QED) is 0.322. The van der Waals surface area contributed by atoms with Crippen molar-refractivity contribution >= 4 is 11.9 Å². The Labute approximate surface area is 124 Å². The largest absolute Gasteiger partial charge is 0.465 e. The zero-order chi connectivity index (χ0) is 16.0. The van der Waals surface area contributed by atoms with Crippen molar-refractivity contribution in [3.8, 4) is 0 Å². The van der Waals surface area contributed by atoms with Crippen molar-refractivity contribution in [3.63, 3.8) is 0 Å². The topological polar surface area (TPSA) is 71.1 Å². The average molecular weight is 296 g/mol. The van der Waals surface area contributed by atoms with E-state index in [1.807, 2.05) is 13.8 Å². The van der Waals surface area contributed by atoms with Crippen LogP contribution in [0.2, 0.25) is 0 Å². The molecule has 1 rings (SSSR count). The third-order valence-electron chi connectivity index (χ3n) is 2.87. The van der Waals surface area contributed by atoms with E-state index in [2.05, 4.69) is 4.74 Å². The highest BCUT2D eigenvalue weighted by Gasteiger charge is 2.23. The number of rotatable bonds is 6. The number of cyclic esters (lactones) is 1. The summed E-state index contributed by atoms with van der Waals surface area (Å²) in [5.41, 5.74) is 0.101. The molecule has 0 aromatic heterocycles. The molecule has 0 bridgehead atoms. The minimum Gasteiger partial charge on any atom is -0.465 e. The van der Waals surface area contributed by atoms with Crippen molar-refractivity contribution in [2.75, 3.05) is 14.2 Å². The van der Waals surface area contributed by atoms with Crippen LogP contribution in [-0.2, 0) is 28.5 Å². The van der Waals surface area contributed by atoms with Crippen LogP contribution < -0.4 is 0 Å². The van der Waals surface area contributed by atoms with Crippen molar-refractivity contribution in [2.24, 2.45) is 0 Å². The molecule has 0 aromatic carbocycles. The fourth-order valence-corrected chi connectivity index (χ4v) is 1.34. The molecule has 0 amide bonds. The van der Waals surface area contributed by atoms with Gasteiger partial charge in [0.05, 0.1) is 18.3 Å². The Morgan fingerprint density at radius 1 is 1.38 bits per heavy atom. The van der Waals surface area contributed by atoms with Crippen LogP contribution in [0, 0.1) is 0 Å². The van der Waals surface area contributed by atoms with Gasteiger partial charge < -0.3 is 18.9 Å². The highest BCUT2D eigenvalue weighted by molar-refractivity contribution is 5.91. The van der Waals surface area contributed by atoms with Gasteiger partial charge in [-0.05, 0) is 26.8 Å². The van der Waals surface area contributed by atoms with Crippen LogP contribution in [0.1, 0.15) is 20.8 Å². The van der Waals surface area contributed by atoms with E-state index in [1.165, 1.54) is 25.5 Å². The molecule has 6 nitrogen and oxygen atoms in total. The maximum atomic E-state index is 11.7. The van der Waals surface area contributed by atoms with E-state index in [0.717, 1.165) is 0 Å². The van der Waals surface area contributed by atoms with Gasteiger partial charge in [0.25, 0.3) is 6.29 Å². The molecule has 1 unspecified atom stereocenters. The zero-order valence-electron chi connectivity index (χ0n) is 12.8. The molecule has 0 spiro atoms. The lowest BCUT2D eigenvalue weighted by Gasteiger charge is -2.17. The molecule has 0 saturated carbocycles. The van der Waals surface area contributed by atoms with Gasteiger partial charge in [0.15, 0.2) is 0 Å². The van der Waals surface area contributed by atoms with Crippen LogP contribution in [0.3, 0.4) is 0 Å². The molecular formula is C15H20O6. The van der Waals surface area contributed by atoms with Crippen molar-refractivity contribution in [1.82, 2.24) is 0 Å². The summed E-state index contributed by atoms with van der Waals surface area (Å²) in [6.45, 7) is 5.30. The van der Waals surface area contributed by atoms with Gasteiger partial charge in [-0.1, -0.05) is 6.08 Å². The van der Waals surface area contributed by atoms with E-state index in [0.29, 0.717) is 5.57 Å². The number of carbonyl (C=O) groups excluding carboxylic acids is 2. The molecule has 1 atom stereocenters. The lowest BCUT2D eigenvalue weighted by Crippen LogP contribution is -2.19. The molecule has 0 fully saturated rings. The fourth-order valence-electron chi connectivity index (χ4n) is 1.34. The number of methoxy groups -OCH3 is 2. The minimum absolute atomic E-state index is 0.177. The molecule has 0 N–H and O–H groups in total. The summed E-state index contributed by atoms with van der Waals surface area (Å²) in [4.78, 5) is 22.9. The first-order valence-corrected chi connectivity index (χ1v) is 6.37. The highest BCUT2D eigenvalue weighted by Crippen LogP contribution is 2.16. The maximum Gasteiger partial charge on any atom is 0.340 e. The zero-order valence-corrected chi connectivity index (χ0v) is 12.8. The number of esters is 2. The second kappa shape index (κ2) is 7.08. The predicted octanol–water partition coefficient (Wildman–Crippen LogP) is 1.87. The number of hydrogen-bond acceptors (Lipinski definition) is 6.